The Labute approximate surface area is 133 Å². The molecule has 2 aromatic carbocycles. The lowest BCUT2D eigenvalue weighted by molar-refractivity contribution is 1.33. The number of hydrogen-bond acceptors (Lipinski definition) is 1. The van der Waals surface area contributed by atoms with Crippen molar-refractivity contribution in [3.8, 4) is 11.1 Å². The van der Waals surface area contributed by atoms with Crippen LogP contribution in [-0.4, -0.2) is 0 Å². The van der Waals surface area contributed by atoms with E-state index < -0.39 is 0 Å². The summed E-state index contributed by atoms with van der Waals surface area (Å²) in [5, 5.41) is 3.50. The summed E-state index contributed by atoms with van der Waals surface area (Å²) in [6.07, 6.45) is 7.84. The first kappa shape index (κ1) is 15.8. The monoisotopic (exact) mass is 289 g/mol. The molecule has 2 rings (SSSR count). The van der Waals surface area contributed by atoms with Crippen molar-refractivity contribution in [1.82, 2.24) is 0 Å². The standard InChI is InChI=1S/C21H23N/c1-5-10-20(11-6-2)22-21-16(3)14-19(15-17(21)4)18-12-8-7-9-13-18/h5-15,22H,1H2,2-4H3/b11-6-,20-10+. The Bertz CT molecular complexity index is 683. The van der Waals surface area contributed by atoms with Gasteiger partial charge in [-0.05, 0) is 67.3 Å². The number of hydrogen-bond donors (Lipinski definition) is 1. The lowest BCUT2D eigenvalue weighted by Gasteiger charge is -2.15. The van der Waals surface area contributed by atoms with E-state index in [0.29, 0.717) is 0 Å². The molecule has 0 aliphatic rings. The first-order chi connectivity index (χ1) is 10.7. The summed E-state index contributed by atoms with van der Waals surface area (Å²) in [4.78, 5) is 0. The van der Waals surface area contributed by atoms with Crippen molar-refractivity contribution < 1.29 is 0 Å². The molecular formula is C21H23N. The van der Waals surface area contributed by atoms with Gasteiger partial charge in [0, 0.05) is 11.4 Å². The summed E-state index contributed by atoms with van der Waals surface area (Å²) in [6.45, 7) is 10.1. The molecular weight excluding hydrogens is 266 g/mol. The first-order valence-electron chi connectivity index (χ1n) is 7.54. The van der Waals surface area contributed by atoms with E-state index in [1.807, 2.05) is 31.2 Å². The fourth-order valence-electron chi connectivity index (χ4n) is 2.55. The van der Waals surface area contributed by atoms with Crippen LogP contribution in [0.2, 0.25) is 0 Å². The molecule has 0 saturated carbocycles. The smallest absolute Gasteiger partial charge is 0.0444 e. The highest BCUT2D eigenvalue weighted by Crippen LogP contribution is 2.29. The molecule has 1 N–H and O–H groups in total. The molecule has 0 aliphatic heterocycles. The van der Waals surface area contributed by atoms with Crippen LogP contribution in [0.25, 0.3) is 11.1 Å². The molecule has 0 saturated heterocycles. The van der Waals surface area contributed by atoms with Gasteiger partial charge < -0.3 is 5.32 Å². The molecule has 0 aliphatic carbocycles. The van der Waals surface area contributed by atoms with Gasteiger partial charge in [0.15, 0.2) is 0 Å². The average Bonchev–Trinajstić information content (AvgIpc) is 2.52. The predicted octanol–water partition coefficient (Wildman–Crippen LogP) is 6.03. The zero-order valence-electron chi connectivity index (χ0n) is 13.6. The van der Waals surface area contributed by atoms with Crippen LogP contribution in [-0.2, 0) is 0 Å². The summed E-state index contributed by atoms with van der Waals surface area (Å²) in [6, 6.07) is 14.9. The van der Waals surface area contributed by atoms with Crippen molar-refractivity contribution in [2.45, 2.75) is 20.8 Å². The van der Waals surface area contributed by atoms with Crippen LogP contribution in [0.3, 0.4) is 0 Å². The largest absolute Gasteiger partial charge is 0.355 e. The quantitative estimate of drug-likeness (QED) is 0.663. The Morgan fingerprint density at radius 1 is 1.00 bits per heavy atom. The SMILES string of the molecule is C=C/C=C(\C=C/C)Nc1c(C)cc(-c2ccccc2)cc1C. The number of aryl methyl sites for hydroxylation is 2. The van der Waals surface area contributed by atoms with Crippen molar-refractivity contribution >= 4 is 5.69 Å². The normalized spacial score (nSPS) is 11.7. The summed E-state index contributed by atoms with van der Waals surface area (Å²) < 4.78 is 0. The molecule has 0 amide bonds. The van der Waals surface area contributed by atoms with Crippen LogP contribution in [0.1, 0.15) is 18.1 Å². The molecule has 0 unspecified atom stereocenters. The minimum Gasteiger partial charge on any atom is -0.355 e. The highest BCUT2D eigenvalue weighted by atomic mass is 14.9. The van der Waals surface area contributed by atoms with Gasteiger partial charge in [0.05, 0.1) is 0 Å². The maximum absolute atomic E-state index is 3.77. The van der Waals surface area contributed by atoms with Crippen LogP contribution in [0.5, 0.6) is 0 Å². The molecule has 0 bridgehead atoms. The van der Waals surface area contributed by atoms with E-state index in [0.717, 1.165) is 11.4 Å². The molecule has 0 spiro atoms. The van der Waals surface area contributed by atoms with Crippen LogP contribution in [0.15, 0.2) is 79.0 Å². The molecule has 1 nitrogen and oxygen atoms in total. The topological polar surface area (TPSA) is 12.0 Å². The highest BCUT2D eigenvalue weighted by molar-refractivity contribution is 5.72. The average molecular weight is 289 g/mol. The van der Waals surface area contributed by atoms with Gasteiger partial charge in [-0.25, -0.2) is 0 Å². The van der Waals surface area contributed by atoms with Gasteiger partial charge in [-0.1, -0.05) is 49.1 Å². The van der Waals surface area contributed by atoms with Gasteiger partial charge in [-0.15, -0.1) is 0 Å². The first-order valence-corrected chi connectivity index (χ1v) is 7.54. The summed E-state index contributed by atoms with van der Waals surface area (Å²) >= 11 is 0. The number of rotatable bonds is 5. The Morgan fingerprint density at radius 3 is 2.18 bits per heavy atom. The number of nitrogens with one attached hydrogen (secondary N) is 1. The van der Waals surface area contributed by atoms with Crippen LogP contribution >= 0.6 is 0 Å². The molecule has 0 aromatic heterocycles. The van der Waals surface area contributed by atoms with Crippen molar-refractivity contribution in [3.63, 3.8) is 0 Å². The maximum atomic E-state index is 3.77. The fraction of sp³-hybridized carbons (Fsp3) is 0.143. The Kier molecular flexibility index (Phi) is 5.37. The summed E-state index contributed by atoms with van der Waals surface area (Å²) in [7, 11) is 0. The predicted molar refractivity (Wildman–Crippen MR) is 98.1 cm³/mol. The van der Waals surface area contributed by atoms with Crippen molar-refractivity contribution in [2.75, 3.05) is 5.32 Å². The zero-order valence-corrected chi connectivity index (χ0v) is 13.6. The Balaban J connectivity index is 2.39. The van der Waals surface area contributed by atoms with E-state index in [1.54, 1.807) is 6.08 Å². The van der Waals surface area contributed by atoms with E-state index in [-0.39, 0.29) is 0 Å². The van der Waals surface area contributed by atoms with Crippen LogP contribution < -0.4 is 5.32 Å². The van der Waals surface area contributed by atoms with Crippen molar-refractivity contribution in [2.24, 2.45) is 0 Å². The van der Waals surface area contributed by atoms with E-state index in [1.165, 1.54) is 22.3 Å². The van der Waals surface area contributed by atoms with Crippen LogP contribution in [0, 0.1) is 13.8 Å². The van der Waals surface area contributed by atoms with Crippen molar-refractivity contribution in [3.05, 3.63) is 90.2 Å². The number of benzene rings is 2. The molecule has 1 heteroatoms. The molecule has 0 heterocycles. The molecule has 112 valence electrons. The third-order valence-corrected chi connectivity index (χ3v) is 3.55. The van der Waals surface area contributed by atoms with Crippen LogP contribution in [0.4, 0.5) is 5.69 Å². The van der Waals surface area contributed by atoms with E-state index in [2.05, 4.69) is 62.1 Å². The van der Waals surface area contributed by atoms with Gasteiger partial charge in [0.25, 0.3) is 0 Å². The van der Waals surface area contributed by atoms with Gasteiger partial charge in [0.2, 0.25) is 0 Å². The Hall–Kier alpha value is -2.54. The van der Waals surface area contributed by atoms with Gasteiger partial charge in [-0.3, -0.25) is 0 Å². The third kappa shape index (κ3) is 3.76. The van der Waals surface area contributed by atoms with Gasteiger partial charge >= 0.3 is 0 Å². The van der Waals surface area contributed by atoms with E-state index in [9.17, 15) is 0 Å². The second-order valence-electron chi connectivity index (χ2n) is 5.33. The fourth-order valence-corrected chi connectivity index (χ4v) is 2.55. The molecule has 22 heavy (non-hydrogen) atoms. The van der Waals surface area contributed by atoms with E-state index in [4.69, 9.17) is 0 Å². The second kappa shape index (κ2) is 7.46. The van der Waals surface area contributed by atoms with Crippen molar-refractivity contribution in [1.29, 1.82) is 0 Å². The molecule has 0 atom stereocenters. The van der Waals surface area contributed by atoms with E-state index >= 15 is 0 Å². The lowest BCUT2D eigenvalue weighted by Crippen LogP contribution is -2.01. The second-order valence-corrected chi connectivity index (χ2v) is 5.33. The lowest BCUT2D eigenvalue weighted by atomic mass is 9.98. The minimum absolute atomic E-state index is 1.04. The van der Waals surface area contributed by atoms with Gasteiger partial charge in [0.1, 0.15) is 0 Å². The minimum atomic E-state index is 1.04. The zero-order chi connectivity index (χ0) is 15.9. The Morgan fingerprint density at radius 2 is 1.64 bits per heavy atom. The van der Waals surface area contributed by atoms with Gasteiger partial charge in [-0.2, -0.15) is 0 Å². The third-order valence-electron chi connectivity index (χ3n) is 3.55. The molecule has 0 radical (unpaired) electrons. The highest BCUT2D eigenvalue weighted by Gasteiger charge is 2.07. The maximum Gasteiger partial charge on any atom is 0.0444 e. The summed E-state index contributed by atoms with van der Waals surface area (Å²) in [5.41, 5.74) is 7.16. The molecule has 0 fully saturated rings. The summed E-state index contributed by atoms with van der Waals surface area (Å²) in [5.74, 6) is 0. The number of allylic oxidation sites excluding steroid dienone is 4. The molecule has 2 aromatic rings. The number of anilines is 1.